The lowest BCUT2D eigenvalue weighted by atomic mass is 10.2. The number of primary amides is 1. The van der Waals surface area contributed by atoms with Crippen LogP contribution in [0.15, 0.2) is 0 Å². The standard InChI is InChI=1S/C11H24N2O/c1-4-13(5-2,6-3)10-8-7-9-11(12)14/h4-10H2,1-3H3,(H-,12,14)/p+1. The second-order valence-corrected chi connectivity index (χ2v) is 3.94. The minimum Gasteiger partial charge on any atom is -0.370 e. The van der Waals surface area contributed by atoms with Crippen LogP contribution < -0.4 is 5.73 Å². The molecule has 0 aliphatic heterocycles. The molecule has 0 rings (SSSR count). The molecule has 2 N–H and O–H groups in total. The highest BCUT2D eigenvalue weighted by Gasteiger charge is 2.19. The zero-order valence-electron chi connectivity index (χ0n) is 9.88. The second kappa shape index (κ2) is 6.82. The number of carbonyl (C=O) groups excluding carboxylic acids is 1. The van der Waals surface area contributed by atoms with Gasteiger partial charge in [-0.05, 0) is 33.6 Å². The lowest BCUT2D eigenvalue weighted by Crippen LogP contribution is -2.48. The second-order valence-electron chi connectivity index (χ2n) is 3.94. The van der Waals surface area contributed by atoms with Crippen molar-refractivity contribution in [3.05, 3.63) is 0 Å². The predicted octanol–water partition coefficient (Wildman–Crippen LogP) is 1.52. The maximum absolute atomic E-state index is 10.5. The maximum atomic E-state index is 10.5. The molecule has 0 aliphatic rings. The van der Waals surface area contributed by atoms with Crippen LogP contribution in [0, 0.1) is 0 Å². The highest BCUT2D eigenvalue weighted by molar-refractivity contribution is 5.73. The van der Waals surface area contributed by atoms with Gasteiger partial charge in [-0.25, -0.2) is 0 Å². The summed E-state index contributed by atoms with van der Waals surface area (Å²) < 4.78 is 1.17. The van der Waals surface area contributed by atoms with Crippen molar-refractivity contribution in [1.29, 1.82) is 0 Å². The van der Waals surface area contributed by atoms with Crippen molar-refractivity contribution in [3.63, 3.8) is 0 Å². The molecular weight excluding hydrogens is 176 g/mol. The predicted molar refractivity (Wildman–Crippen MR) is 59.8 cm³/mol. The quantitative estimate of drug-likeness (QED) is 0.469. The smallest absolute Gasteiger partial charge is 0.217 e. The van der Waals surface area contributed by atoms with Crippen molar-refractivity contribution >= 4 is 5.91 Å². The van der Waals surface area contributed by atoms with Crippen LogP contribution in [0.2, 0.25) is 0 Å². The van der Waals surface area contributed by atoms with E-state index < -0.39 is 0 Å². The highest BCUT2D eigenvalue weighted by atomic mass is 16.1. The topological polar surface area (TPSA) is 43.1 Å². The minimum absolute atomic E-state index is 0.174. The van der Waals surface area contributed by atoms with Crippen molar-refractivity contribution in [3.8, 4) is 0 Å². The molecule has 14 heavy (non-hydrogen) atoms. The summed E-state index contributed by atoms with van der Waals surface area (Å²) in [6, 6.07) is 0. The number of hydrogen-bond donors (Lipinski definition) is 1. The SMILES string of the molecule is CC[N+](CC)(CC)CCCCC(N)=O. The molecule has 0 saturated heterocycles. The molecule has 0 aromatic rings. The van der Waals surface area contributed by atoms with E-state index in [0.29, 0.717) is 6.42 Å². The largest absolute Gasteiger partial charge is 0.370 e. The summed E-state index contributed by atoms with van der Waals surface area (Å²) in [6.07, 6.45) is 2.59. The molecule has 0 spiro atoms. The van der Waals surface area contributed by atoms with Crippen LogP contribution in [-0.2, 0) is 4.79 Å². The average molecular weight is 201 g/mol. The molecule has 0 radical (unpaired) electrons. The third-order valence-electron chi connectivity index (χ3n) is 3.32. The van der Waals surface area contributed by atoms with Gasteiger partial charge >= 0.3 is 0 Å². The molecule has 0 heterocycles. The van der Waals surface area contributed by atoms with Gasteiger partial charge in [-0.2, -0.15) is 0 Å². The van der Waals surface area contributed by atoms with E-state index in [9.17, 15) is 4.79 Å². The summed E-state index contributed by atoms with van der Waals surface area (Å²) >= 11 is 0. The van der Waals surface area contributed by atoms with Gasteiger partial charge in [0.05, 0.1) is 26.2 Å². The fourth-order valence-corrected chi connectivity index (χ4v) is 1.89. The van der Waals surface area contributed by atoms with Crippen LogP contribution in [0.5, 0.6) is 0 Å². The number of amides is 1. The summed E-state index contributed by atoms with van der Waals surface area (Å²) in [4.78, 5) is 10.5. The third kappa shape index (κ3) is 4.61. The fraction of sp³-hybridized carbons (Fsp3) is 0.909. The van der Waals surface area contributed by atoms with Crippen LogP contribution in [-0.4, -0.2) is 36.6 Å². The highest BCUT2D eigenvalue weighted by Crippen LogP contribution is 2.09. The molecule has 1 amide bonds. The van der Waals surface area contributed by atoms with E-state index in [1.165, 1.54) is 30.7 Å². The molecule has 0 saturated carbocycles. The molecule has 3 nitrogen and oxygen atoms in total. The Morgan fingerprint density at radius 1 is 1.07 bits per heavy atom. The number of nitrogens with zero attached hydrogens (tertiary/aromatic N) is 1. The lowest BCUT2D eigenvalue weighted by molar-refractivity contribution is -0.923. The zero-order chi connectivity index (χ0) is 11.0. The first-order valence-electron chi connectivity index (χ1n) is 5.73. The van der Waals surface area contributed by atoms with Gasteiger partial charge in [-0.1, -0.05) is 0 Å². The number of carbonyl (C=O) groups is 1. The minimum atomic E-state index is -0.174. The Morgan fingerprint density at radius 2 is 1.57 bits per heavy atom. The Balaban J connectivity index is 3.77. The van der Waals surface area contributed by atoms with Gasteiger partial charge < -0.3 is 10.2 Å². The number of quaternary nitrogens is 1. The van der Waals surface area contributed by atoms with E-state index in [4.69, 9.17) is 5.73 Å². The molecule has 84 valence electrons. The van der Waals surface area contributed by atoms with Gasteiger partial charge in [0.15, 0.2) is 0 Å². The van der Waals surface area contributed by atoms with Crippen molar-refractivity contribution in [1.82, 2.24) is 0 Å². The van der Waals surface area contributed by atoms with Crippen molar-refractivity contribution in [2.75, 3.05) is 26.2 Å². The number of unbranched alkanes of at least 4 members (excludes halogenated alkanes) is 1. The molecule has 0 aliphatic carbocycles. The average Bonchev–Trinajstić information content (AvgIpc) is 2.19. The molecule has 3 heteroatoms. The summed E-state index contributed by atoms with van der Waals surface area (Å²) in [5.74, 6) is -0.174. The Bertz CT molecular complexity index is 156. The molecule has 0 aromatic heterocycles. The lowest BCUT2D eigenvalue weighted by Gasteiger charge is -2.35. The molecule has 0 bridgehead atoms. The summed E-state index contributed by atoms with van der Waals surface area (Å²) in [5.41, 5.74) is 5.10. The first kappa shape index (κ1) is 13.4. The van der Waals surface area contributed by atoms with Gasteiger partial charge in [-0.15, -0.1) is 0 Å². The molecular formula is C11H25N2O+. The number of rotatable bonds is 8. The van der Waals surface area contributed by atoms with Gasteiger partial charge in [0, 0.05) is 6.42 Å². The third-order valence-corrected chi connectivity index (χ3v) is 3.32. The van der Waals surface area contributed by atoms with Crippen molar-refractivity contribution in [2.24, 2.45) is 5.73 Å². The Morgan fingerprint density at radius 3 is 1.93 bits per heavy atom. The van der Waals surface area contributed by atoms with Crippen molar-refractivity contribution < 1.29 is 9.28 Å². The van der Waals surface area contributed by atoms with Crippen LogP contribution in [0.3, 0.4) is 0 Å². The van der Waals surface area contributed by atoms with E-state index in [1.807, 2.05) is 0 Å². The summed E-state index contributed by atoms with van der Waals surface area (Å²) in [7, 11) is 0. The maximum Gasteiger partial charge on any atom is 0.217 e. The summed E-state index contributed by atoms with van der Waals surface area (Å²) in [6.45, 7) is 11.4. The van der Waals surface area contributed by atoms with E-state index in [0.717, 1.165) is 12.8 Å². The molecule has 0 atom stereocenters. The van der Waals surface area contributed by atoms with E-state index in [2.05, 4.69) is 20.8 Å². The van der Waals surface area contributed by atoms with E-state index in [1.54, 1.807) is 0 Å². The Labute approximate surface area is 87.9 Å². The molecule has 0 aromatic carbocycles. The van der Waals surface area contributed by atoms with Crippen LogP contribution in [0.4, 0.5) is 0 Å². The first-order chi connectivity index (χ1) is 6.60. The van der Waals surface area contributed by atoms with Gasteiger partial charge in [-0.3, -0.25) is 4.79 Å². The fourth-order valence-electron chi connectivity index (χ4n) is 1.89. The van der Waals surface area contributed by atoms with Gasteiger partial charge in [0.2, 0.25) is 5.91 Å². The normalized spacial score (nSPS) is 11.6. The van der Waals surface area contributed by atoms with Gasteiger partial charge in [0.1, 0.15) is 0 Å². The van der Waals surface area contributed by atoms with Crippen LogP contribution in [0.25, 0.3) is 0 Å². The molecule has 0 fully saturated rings. The van der Waals surface area contributed by atoms with Crippen LogP contribution in [0.1, 0.15) is 40.0 Å². The van der Waals surface area contributed by atoms with E-state index >= 15 is 0 Å². The Hall–Kier alpha value is -0.570. The Kier molecular flexibility index (Phi) is 6.54. The zero-order valence-corrected chi connectivity index (χ0v) is 9.88. The van der Waals surface area contributed by atoms with Crippen molar-refractivity contribution in [2.45, 2.75) is 40.0 Å². The first-order valence-corrected chi connectivity index (χ1v) is 5.73. The number of hydrogen-bond acceptors (Lipinski definition) is 1. The summed E-state index contributed by atoms with van der Waals surface area (Å²) in [5, 5.41) is 0. The molecule has 0 unspecified atom stereocenters. The number of nitrogens with two attached hydrogens (primary N) is 1. The van der Waals surface area contributed by atoms with Gasteiger partial charge in [0.25, 0.3) is 0 Å². The van der Waals surface area contributed by atoms with E-state index in [-0.39, 0.29) is 5.91 Å². The van der Waals surface area contributed by atoms with Crippen LogP contribution >= 0.6 is 0 Å². The monoisotopic (exact) mass is 201 g/mol.